The standard InChI is InChI=1S/C11H12FNO3/c1-13(7-11(15)16)10(14)6-8-2-4-9(12)5-3-8/h2-5H,6-7H2,1H3,(H,15,16). The molecule has 16 heavy (non-hydrogen) atoms. The van der Waals surface area contributed by atoms with Crippen molar-refractivity contribution < 1.29 is 19.1 Å². The predicted octanol–water partition coefficient (Wildman–Crippen LogP) is 0.911. The highest BCUT2D eigenvalue weighted by molar-refractivity contribution is 5.82. The van der Waals surface area contributed by atoms with Crippen molar-refractivity contribution in [3.63, 3.8) is 0 Å². The predicted molar refractivity (Wildman–Crippen MR) is 55.4 cm³/mol. The lowest BCUT2D eigenvalue weighted by atomic mass is 10.1. The van der Waals surface area contributed by atoms with Crippen LogP contribution >= 0.6 is 0 Å². The van der Waals surface area contributed by atoms with E-state index in [9.17, 15) is 14.0 Å². The highest BCUT2D eigenvalue weighted by Gasteiger charge is 2.12. The van der Waals surface area contributed by atoms with Crippen LogP contribution in [-0.4, -0.2) is 35.5 Å². The highest BCUT2D eigenvalue weighted by atomic mass is 19.1. The van der Waals surface area contributed by atoms with Gasteiger partial charge >= 0.3 is 5.97 Å². The van der Waals surface area contributed by atoms with Gasteiger partial charge in [-0.2, -0.15) is 0 Å². The molecule has 1 aromatic carbocycles. The molecule has 0 atom stereocenters. The van der Waals surface area contributed by atoms with Crippen molar-refractivity contribution >= 4 is 11.9 Å². The van der Waals surface area contributed by atoms with Crippen LogP contribution in [0.3, 0.4) is 0 Å². The number of nitrogens with zero attached hydrogens (tertiary/aromatic N) is 1. The maximum absolute atomic E-state index is 12.6. The summed E-state index contributed by atoms with van der Waals surface area (Å²) < 4.78 is 12.6. The first-order chi connectivity index (χ1) is 7.49. The Hall–Kier alpha value is -1.91. The summed E-state index contributed by atoms with van der Waals surface area (Å²) in [5.41, 5.74) is 0.656. The summed E-state index contributed by atoms with van der Waals surface area (Å²) in [6.07, 6.45) is 0.0735. The zero-order valence-electron chi connectivity index (χ0n) is 8.81. The molecule has 0 saturated heterocycles. The molecule has 1 amide bonds. The number of hydrogen-bond acceptors (Lipinski definition) is 2. The Morgan fingerprint density at radius 3 is 2.38 bits per heavy atom. The van der Waals surface area contributed by atoms with Crippen LogP contribution in [0.1, 0.15) is 5.56 Å². The highest BCUT2D eigenvalue weighted by Crippen LogP contribution is 2.04. The van der Waals surface area contributed by atoms with E-state index in [1.165, 1.54) is 31.3 Å². The number of carboxylic acid groups (broad SMARTS) is 1. The number of halogens is 1. The van der Waals surface area contributed by atoms with Gasteiger partial charge in [0.1, 0.15) is 12.4 Å². The Balaban J connectivity index is 2.57. The Labute approximate surface area is 92.3 Å². The van der Waals surface area contributed by atoms with Gasteiger partial charge in [-0.15, -0.1) is 0 Å². The lowest BCUT2D eigenvalue weighted by Gasteiger charge is -2.14. The number of amides is 1. The van der Waals surface area contributed by atoms with E-state index >= 15 is 0 Å². The van der Waals surface area contributed by atoms with Gasteiger partial charge in [-0.05, 0) is 17.7 Å². The van der Waals surface area contributed by atoms with Gasteiger partial charge in [-0.25, -0.2) is 4.39 Å². The van der Waals surface area contributed by atoms with Crippen LogP contribution in [0.25, 0.3) is 0 Å². The minimum atomic E-state index is -1.06. The van der Waals surface area contributed by atoms with Crippen molar-refractivity contribution in [3.8, 4) is 0 Å². The summed E-state index contributed by atoms with van der Waals surface area (Å²) in [4.78, 5) is 23.0. The van der Waals surface area contributed by atoms with E-state index in [1.807, 2.05) is 0 Å². The van der Waals surface area contributed by atoms with E-state index in [0.29, 0.717) is 5.56 Å². The maximum atomic E-state index is 12.6. The topological polar surface area (TPSA) is 57.6 Å². The third-order valence-electron chi connectivity index (χ3n) is 2.07. The SMILES string of the molecule is CN(CC(=O)O)C(=O)Cc1ccc(F)cc1. The molecule has 0 heterocycles. The number of likely N-dealkylation sites (N-methyl/N-ethyl adjacent to an activating group) is 1. The Morgan fingerprint density at radius 1 is 1.31 bits per heavy atom. The second-order valence-electron chi connectivity index (χ2n) is 3.45. The molecule has 0 fully saturated rings. The lowest BCUT2D eigenvalue weighted by molar-refractivity contribution is -0.143. The molecule has 86 valence electrons. The van der Waals surface area contributed by atoms with Crippen LogP contribution in [0.5, 0.6) is 0 Å². The Bertz CT molecular complexity index is 389. The third kappa shape index (κ3) is 3.68. The fourth-order valence-electron chi connectivity index (χ4n) is 1.20. The van der Waals surface area contributed by atoms with E-state index in [0.717, 1.165) is 4.90 Å². The monoisotopic (exact) mass is 225 g/mol. The first-order valence-electron chi connectivity index (χ1n) is 4.69. The molecule has 0 unspecified atom stereocenters. The molecule has 1 aromatic rings. The van der Waals surface area contributed by atoms with Crippen molar-refractivity contribution in [3.05, 3.63) is 35.6 Å². The second-order valence-corrected chi connectivity index (χ2v) is 3.45. The number of rotatable bonds is 4. The van der Waals surface area contributed by atoms with Crippen molar-refractivity contribution in [2.45, 2.75) is 6.42 Å². The fraction of sp³-hybridized carbons (Fsp3) is 0.273. The molecule has 1 rings (SSSR count). The third-order valence-corrected chi connectivity index (χ3v) is 2.07. The van der Waals surface area contributed by atoms with E-state index < -0.39 is 5.97 Å². The normalized spacial score (nSPS) is 9.88. The van der Waals surface area contributed by atoms with Crippen molar-refractivity contribution in [1.29, 1.82) is 0 Å². The molecule has 0 aliphatic rings. The average molecular weight is 225 g/mol. The zero-order valence-corrected chi connectivity index (χ0v) is 8.81. The number of hydrogen-bond donors (Lipinski definition) is 1. The zero-order chi connectivity index (χ0) is 12.1. The van der Waals surface area contributed by atoms with Crippen molar-refractivity contribution in [1.82, 2.24) is 4.90 Å². The van der Waals surface area contributed by atoms with Gasteiger partial charge < -0.3 is 10.0 Å². The molecule has 0 saturated carbocycles. The van der Waals surface area contributed by atoms with E-state index in [4.69, 9.17) is 5.11 Å². The minimum absolute atomic E-state index is 0.0735. The summed E-state index contributed by atoms with van der Waals surface area (Å²) in [5.74, 6) is -1.74. The molecule has 0 aliphatic heterocycles. The second kappa shape index (κ2) is 5.25. The van der Waals surface area contributed by atoms with Gasteiger partial charge in [-0.3, -0.25) is 9.59 Å². The summed E-state index contributed by atoms with van der Waals surface area (Å²) in [7, 11) is 1.42. The first kappa shape index (κ1) is 12.2. The Morgan fingerprint density at radius 2 is 1.88 bits per heavy atom. The van der Waals surface area contributed by atoms with E-state index in [1.54, 1.807) is 0 Å². The van der Waals surface area contributed by atoms with Crippen molar-refractivity contribution in [2.24, 2.45) is 0 Å². The number of carbonyl (C=O) groups is 2. The van der Waals surface area contributed by atoms with Crippen LogP contribution in [0.4, 0.5) is 4.39 Å². The van der Waals surface area contributed by atoms with E-state index in [-0.39, 0.29) is 24.7 Å². The number of benzene rings is 1. The van der Waals surface area contributed by atoms with Crippen LogP contribution in [0.15, 0.2) is 24.3 Å². The van der Waals surface area contributed by atoms with Crippen molar-refractivity contribution in [2.75, 3.05) is 13.6 Å². The summed E-state index contributed by atoms with van der Waals surface area (Å²) in [6, 6.07) is 5.53. The summed E-state index contributed by atoms with van der Waals surface area (Å²) >= 11 is 0. The molecule has 4 nitrogen and oxygen atoms in total. The minimum Gasteiger partial charge on any atom is -0.480 e. The number of carboxylic acids is 1. The number of aliphatic carboxylic acids is 1. The fourth-order valence-corrected chi connectivity index (χ4v) is 1.20. The average Bonchev–Trinajstić information content (AvgIpc) is 2.20. The molecule has 0 radical (unpaired) electrons. The van der Waals surface area contributed by atoms with Crippen LogP contribution in [0, 0.1) is 5.82 Å². The van der Waals surface area contributed by atoms with Gasteiger partial charge in [0.15, 0.2) is 0 Å². The van der Waals surface area contributed by atoms with E-state index in [2.05, 4.69) is 0 Å². The van der Waals surface area contributed by atoms with Gasteiger partial charge in [0, 0.05) is 7.05 Å². The van der Waals surface area contributed by atoms with Gasteiger partial charge in [0.05, 0.1) is 6.42 Å². The van der Waals surface area contributed by atoms with Gasteiger partial charge in [0.25, 0.3) is 0 Å². The van der Waals surface area contributed by atoms with Gasteiger partial charge in [-0.1, -0.05) is 12.1 Å². The molecule has 5 heteroatoms. The Kier molecular flexibility index (Phi) is 3.99. The lowest BCUT2D eigenvalue weighted by Crippen LogP contribution is -2.33. The van der Waals surface area contributed by atoms with Gasteiger partial charge in [0.2, 0.25) is 5.91 Å². The molecule has 0 aliphatic carbocycles. The smallest absolute Gasteiger partial charge is 0.323 e. The molecule has 1 N–H and O–H groups in total. The molecule has 0 spiro atoms. The largest absolute Gasteiger partial charge is 0.480 e. The molecular formula is C11H12FNO3. The van der Waals surface area contributed by atoms with Crippen LogP contribution in [-0.2, 0) is 16.0 Å². The van der Waals surface area contributed by atoms with Crippen LogP contribution in [0.2, 0.25) is 0 Å². The summed E-state index contributed by atoms with van der Waals surface area (Å²) in [6.45, 7) is -0.333. The molecule has 0 aromatic heterocycles. The van der Waals surface area contributed by atoms with Crippen LogP contribution < -0.4 is 0 Å². The molecule has 0 bridgehead atoms. The quantitative estimate of drug-likeness (QED) is 0.828. The summed E-state index contributed by atoms with van der Waals surface area (Å²) in [5, 5.41) is 8.49. The number of carbonyl (C=O) groups excluding carboxylic acids is 1. The molecular weight excluding hydrogens is 213 g/mol. The first-order valence-corrected chi connectivity index (χ1v) is 4.69. The maximum Gasteiger partial charge on any atom is 0.323 e.